The van der Waals surface area contributed by atoms with E-state index in [0.717, 1.165) is 24.2 Å². The minimum atomic E-state index is -4.56. The molecule has 1 unspecified atom stereocenters. The molecule has 1 N–H and O–H groups in total. The molecule has 11 heteroatoms. The summed E-state index contributed by atoms with van der Waals surface area (Å²) in [5, 5.41) is 11.1. The largest absolute Gasteiger partial charge is 0.416 e. The van der Waals surface area contributed by atoms with E-state index in [4.69, 9.17) is 0 Å². The maximum Gasteiger partial charge on any atom is 0.416 e. The van der Waals surface area contributed by atoms with Gasteiger partial charge in [-0.25, -0.2) is 0 Å². The molecule has 3 aliphatic rings. The summed E-state index contributed by atoms with van der Waals surface area (Å²) in [4.78, 5) is 27.9. The van der Waals surface area contributed by atoms with Crippen LogP contribution in [0.15, 0.2) is 48.8 Å². The number of rotatable bonds is 6. The first-order valence-corrected chi connectivity index (χ1v) is 14.9. The Morgan fingerprint density at radius 3 is 2.55 bits per heavy atom. The van der Waals surface area contributed by atoms with Crippen LogP contribution < -0.4 is 10.2 Å². The SMILES string of the molecule is CC#CC(=O)N1CCC(CNCc2cc3c(c(C(F)(F)F)c2)CN(c2ccccc2)C3=O)C1.CC1CC(c2nncn2C)C1. The molecule has 232 valence electrons. The second-order valence-electron chi connectivity index (χ2n) is 11.9. The number of anilines is 1. The van der Waals surface area contributed by atoms with Gasteiger partial charge in [-0.3, -0.25) is 9.59 Å². The predicted octanol–water partition coefficient (Wildman–Crippen LogP) is 5.16. The number of hydrogen-bond acceptors (Lipinski definition) is 5. The molecule has 6 rings (SSSR count). The maximum absolute atomic E-state index is 13.8. The Bertz CT molecular complexity index is 1550. The zero-order chi connectivity index (χ0) is 31.4. The highest BCUT2D eigenvalue weighted by atomic mass is 19.4. The molecular weight excluding hydrogens is 569 g/mol. The Kier molecular flexibility index (Phi) is 9.39. The van der Waals surface area contributed by atoms with Gasteiger partial charge in [-0.15, -0.1) is 10.2 Å². The lowest BCUT2D eigenvalue weighted by Gasteiger charge is -2.31. The second kappa shape index (κ2) is 13.2. The van der Waals surface area contributed by atoms with Gasteiger partial charge in [-0.05, 0) is 79.3 Å². The topological polar surface area (TPSA) is 83.4 Å². The molecule has 2 fully saturated rings. The van der Waals surface area contributed by atoms with Crippen molar-refractivity contribution >= 4 is 17.5 Å². The van der Waals surface area contributed by atoms with Crippen molar-refractivity contribution in [1.29, 1.82) is 0 Å². The molecule has 1 saturated heterocycles. The number of nitrogens with one attached hydrogen (secondary N) is 1. The third-order valence-corrected chi connectivity index (χ3v) is 8.53. The first kappa shape index (κ1) is 31.3. The quantitative estimate of drug-likeness (QED) is 0.393. The summed E-state index contributed by atoms with van der Waals surface area (Å²) in [6.45, 7) is 5.76. The molecule has 3 aromatic rings. The van der Waals surface area contributed by atoms with Crippen LogP contribution in [0.2, 0.25) is 0 Å². The van der Waals surface area contributed by atoms with Crippen molar-refractivity contribution in [3.8, 4) is 11.8 Å². The summed E-state index contributed by atoms with van der Waals surface area (Å²) in [5.41, 5.74) is 0.328. The highest BCUT2D eigenvalue weighted by Gasteiger charge is 2.40. The Labute approximate surface area is 255 Å². The van der Waals surface area contributed by atoms with Gasteiger partial charge in [0.15, 0.2) is 0 Å². The zero-order valence-corrected chi connectivity index (χ0v) is 25.2. The van der Waals surface area contributed by atoms with Crippen molar-refractivity contribution in [3.63, 3.8) is 0 Å². The van der Waals surface area contributed by atoms with Crippen LogP contribution in [-0.4, -0.2) is 51.1 Å². The van der Waals surface area contributed by atoms with E-state index < -0.39 is 17.6 Å². The van der Waals surface area contributed by atoms with Gasteiger partial charge < -0.3 is 19.7 Å². The zero-order valence-electron chi connectivity index (χ0n) is 25.2. The number of fused-ring (bicyclic) bond motifs is 1. The summed E-state index contributed by atoms with van der Waals surface area (Å²) >= 11 is 0. The highest BCUT2D eigenvalue weighted by molar-refractivity contribution is 6.10. The van der Waals surface area contributed by atoms with Crippen LogP contribution in [0.3, 0.4) is 0 Å². The number of amides is 2. The number of alkyl halides is 3. The minimum absolute atomic E-state index is 0.0158. The van der Waals surface area contributed by atoms with Crippen LogP contribution in [-0.2, 0) is 31.1 Å². The Morgan fingerprint density at radius 1 is 1.16 bits per heavy atom. The number of aryl methyl sites for hydroxylation is 1. The van der Waals surface area contributed by atoms with E-state index >= 15 is 0 Å². The average Bonchev–Trinajstić information content (AvgIpc) is 3.71. The van der Waals surface area contributed by atoms with Crippen LogP contribution in [0, 0.1) is 23.7 Å². The monoisotopic (exact) mass is 606 g/mol. The number of nitrogens with zero attached hydrogens (tertiary/aromatic N) is 5. The third-order valence-electron chi connectivity index (χ3n) is 8.53. The first-order valence-electron chi connectivity index (χ1n) is 14.9. The third kappa shape index (κ3) is 6.97. The molecule has 0 radical (unpaired) electrons. The molecule has 3 heterocycles. The van der Waals surface area contributed by atoms with E-state index in [1.54, 1.807) is 54.5 Å². The number of aromatic nitrogens is 3. The molecule has 1 aliphatic carbocycles. The number of likely N-dealkylation sites (tertiary alicyclic amines) is 1. The number of benzene rings is 2. The lowest BCUT2D eigenvalue weighted by molar-refractivity contribution is -0.138. The summed E-state index contributed by atoms with van der Waals surface area (Å²) < 4.78 is 43.5. The van der Waals surface area contributed by atoms with Gasteiger partial charge >= 0.3 is 6.18 Å². The fraction of sp³-hybridized carbons (Fsp3) is 0.455. The van der Waals surface area contributed by atoms with Gasteiger partial charge in [0.05, 0.1) is 12.1 Å². The molecule has 0 bridgehead atoms. The van der Waals surface area contributed by atoms with Gasteiger partial charge in [0.25, 0.3) is 11.8 Å². The molecule has 44 heavy (non-hydrogen) atoms. The van der Waals surface area contributed by atoms with Crippen molar-refractivity contribution in [2.24, 2.45) is 18.9 Å². The van der Waals surface area contributed by atoms with Crippen LogP contribution >= 0.6 is 0 Å². The first-order chi connectivity index (χ1) is 21.0. The number of carbonyl (C=O) groups excluding carboxylic acids is 2. The second-order valence-corrected chi connectivity index (χ2v) is 11.9. The van der Waals surface area contributed by atoms with E-state index in [2.05, 4.69) is 34.3 Å². The Hall–Kier alpha value is -4.17. The van der Waals surface area contributed by atoms with Gasteiger partial charge in [0.1, 0.15) is 12.2 Å². The van der Waals surface area contributed by atoms with Crippen molar-refractivity contribution in [3.05, 3.63) is 76.9 Å². The molecule has 0 spiro atoms. The van der Waals surface area contributed by atoms with Crippen molar-refractivity contribution in [2.45, 2.75) is 58.3 Å². The fourth-order valence-electron chi connectivity index (χ4n) is 6.21. The lowest BCUT2D eigenvalue weighted by atomic mass is 9.76. The standard InChI is InChI=1S/C25H24F3N3O2.C8H13N3/c1-2-6-23(32)30-10-9-17(15-30)13-29-14-18-11-20-21(22(12-18)25(26,27)28)16-31(24(20)33)19-7-4-3-5-8-19;1-6-3-7(4-6)8-10-9-5-11(8)2/h3-5,7-8,11-12,17,29H,9-10,13-16H2,1H3;5-7H,3-4H2,1-2H3. The predicted molar refractivity (Wildman–Crippen MR) is 160 cm³/mol. The van der Waals surface area contributed by atoms with E-state index in [1.165, 1.54) is 17.7 Å². The fourth-order valence-corrected chi connectivity index (χ4v) is 6.21. The highest BCUT2D eigenvalue weighted by Crippen LogP contribution is 2.40. The van der Waals surface area contributed by atoms with Gasteiger partial charge in [0, 0.05) is 50.4 Å². The average molecular weight is 607 g/mol. The summed E-state index contributed by atoms with van der Waals surface area (Å²) in [5.74, 6) is 7.43. The van der Waals surface area contributed by atoms with Gasteiger partial charge in [0.2, 0.25) is 0 Å². The Balaban J connectivity index is 0.000000291. The van der Waals surface area contributed by atoms with Crippen molar-refractivity contribution in [2.75, 3.05) is 24.5 Å². The molecule has 2 amide bonds. The normalized spacial score (nSPS) is 20.8. The smallest absolute Gasteiger partial charge is 0.332 e. The number of hydrogen-bond donors (Lipinski definition) is 1. The van der Waals surface area contributed by atoms with Crippen LogP contribution in [0.25, 0.3) is 0 Å². The molecule has 2 aliphatic heterocycles. The lowest BCUT2D eigenvalue weighted by Crippen LogP contribution is -2.30. The molecular formula is C33H37F3N6O2. The van der Waals surface area contributed by atoms with E-state index in [0.29, 0.717) is 36.8 Å². The van der Waals surface area contributed by atoms with Crippen LogP contribution in [0.4, 0.5) is 18.9 Å². The van der Waals surface area contributed by atoms with Gasteiger partial charge in [-0.1, -0.05) is 31.0 Å². The molecule has 2 aromatic carbocycles. The summed E-state index contributed by atoms with van der Waals surface area (Å²) in [6.07, 6.45) is 0.601. The van der Waals surface area contributed by atoms with Crippen molar-refractivity contribution < 1.29 is 22.8 Å². The number of para-hydroxylation sites is 1. The summed E-state index contributed by atoms with van der Waals surface area (Å²) in [6, 6.07) is 11.4. The van der Waals surface area contributed by atoms with E-state index in [-0.39, 0.29) is 36.0 Å². The number of halogens is 3. The maximum atomic E-state index is 13.8. The Morgan fingerprint density at radius 2 is 1.91 bits per heavy atom. The van der Waals surface area contributed by atoms with Gasteiger partial charge in [-0.2, -0.15) is 13.2 Å². The van der Waals surface area contributed by atoms with Crippen molar-refractivity contribution in [1.82, 2.24) is 25.0 Å². The molecule has 1 aromatic heterocycles. The molecule has 1 atom stereocenters. The number of carbonyl (C=O) groups is 2. The molecule has 8 nitrogen and oxygen atoms in total. The minimum Gasteiger partial charge on any atom is -0.332 e. The van der Waals surface area contributed by atoms with E-state index in [1.807, 2.05) is 11.6 Å². The van der Waals surface area contributed by atoms with E-state index in [9.17, 15) is 22.8 Å². The van der Waals surface area contributed by atoms with Crippen LogP contribution in [0.1, 0.15) is 71.9 Å². The summed E-state index contributed by atoms with van der Waals surface area (Å²) in [7, 11) is 2.01. The van der Waals surface area contributed by atoms with Crippen LogP contribution in [0.5, 0.6) is 0 Å². The molecule has 1 saturated carbocycles.